The molecule has 0 saturated carbocycles. The molecule has 1 fully saturated rings. The fraction of sp³-hybridized carbons (Fsp3) is 0.476. The van der Waals surface area contributed by atoms with E-state index in [0.717, 1.165) is 18.9 Å². The summed E-state index contributed by atoms with van der Waals surface area (Å²) in [4.78, 5) is 39.7. The molecule has 3 rings (SSSR count). The Hall–Kier alpha value is -2.90. The van der Waals surface area contributed by atoms with Crippen LogP contribution in [0.1, 0.15) is 43.5 Å². The summed E-state index contributed by atoms with van der Waals surface area (Å²) in [5.41, 5.74) is -0.192. The first-order valence-electron chi connectivity index (χ1n) is 10.00. The second-order valence-corrected chi connectivity index (χ2v) is 7.26. The van der Waals surface area contributed by atoms with E-state index >= 15 is 0 Å². The van der Waals surface area contributed by atoms with E-state index in [2.05, 4.69) is 0 Å². The molecule has 0 radical (unpaired) electrons. The van der Waals surface area contributed by atoms with Crippen molar-refractivity contribution in [1.29, 1.82) is 0 Å². The number of carboxylic acids is 1. The second-order valence-electron chi connectivity index (χ2n) is 7.26. The number of carboxylic acid groups (broad SMARTS) is 1. The molecule has 0 bridgehead atoms. The Morgan fingerprint density at radius 3 is 2.41 bits per heavy atom. The van der Waals surface area contributed by atoms with Crippen molar-refractivity contribution in [2.45, 2.75) is 39.7 Å². The molecule has 1 aliphatic rings. The van der Waals surface area contributed by atoms with Crippen LogP contribution in [-0.2, 0) is 11.3 Å². The number of nitrogens with zero attached hydrogens (tertiary/aromatic N) is 3. The van der Waals surface area contributed by atoms with Crippen molar-refractivity contribution in [1.82, 2.24) is 9.47 Å². The normalized spacial score (nSPS) is 14.4. The Bertz CT molecular complexity index is 994. The van der Waals surface area contributed by atoms with E-state index in [1.807, 2.05) is 23.6 Å². The van der Waals surface area contributed by atoms with E-state index in [9.17, 15) is 23.9 Å². The van der Waals surface area contributed by atoms with E-state index in [0.29, 0.717) is 50.3 Å². The van der Waals surface area contributed by atoms with Crippen LogP contribution in [0.15, 0.2) is 23.1 Å². The monoisotopic (exact) mass is 403 g/mol. The average molecular weight is 403 g/mol. The molecule has 29 heavy (non-hydrogen) atoms. The third-order valence-electron chi connectivity index (χ3n) is 5.44. The zero-order chi connectivity index (χ0) is 21.1. The van der Waals surface area contributed by atoms with Gasteiger partial charge in [0.05, 0.1) is 11.2 Å². The molecule has 2 heterocycles. The summed E-state index contributed by atoms with van der Waals surface area (Å²) in [6.07, 6.45) is 3.68. The molecule has 7 nitrogen and oxygen atoms in total. The number of anilines is 1. The highest BCUT2D eigenvalue weighted by Gasteiger charge is 2.24. The maximum atomic E-state index is 14.9. The van der Waals surface area contributed by atoms with E-state index in [1.165, 1.54) is 6.20 Å². The molecular weight excluding hydrogens is 377 g/mol. The van der Waals surface area contributed by atoms with E-state index < -0.39 is 17.2 Å². The molecule has 1 amide bonds. The van der Waals surface area contributed by atoms with Gasteiger partial charge in [-0.15, -0.1) is 0 Å². The maximum Gasteiger partial charge on any atom is 0.341 e. The standard InChI is InChI=1S/C21H26FN3O4/c1-3-5-6-19(26)25-9-7-24(8-10-25)18-12-17-14(11-16(18)22)20(27)15(21(28)29)13-23(17)4-2/h11-13H,3-10H2,1-2H3,(H,28,29). The van der Waals surface area contributed by atoms with Crippen molar-refractivity contribution in [3.05, 3.63) is 39.9 Å². The Kier molecular flexibility index (Phi) is 6.20. The number of piperazine rings is 1. The molecule has 0 unspecified atom stereocenters. The number of hydrogen-bond donors (Lipinski definition) is 1. The van der Waals surface area contributed by atoms with E-state index in [4.69, 9.17) is 0 Å². The van der Waals surface area contributed by atoms with Crippen molar-refractivity contribution in [3.8, 4) is 0 Å². The molecule has 0 aliphatic carbocycles. The Morgan fingerprint density at radius 2 is 1.83 bits per heavy atom. The van der Waals surface area contributed by atoms with Gasteiger partial charge >= 0.3 is 5.97 Å². The highest BCUT2D eigenvalue weighted by Crippen LogP contribution is 2.26. The first kappa shape index (κ1) is 20.8. The zero-order valence-electron chi connectivity index (χ0n) is 16.8. The van der Waals surface area contributed by atoms with Gasteiger partial charge in [0, 0.05) is 50.7 Å². The predicted octanol–water partition coefficient (Wildman–Crippen LogP) is 2.70. The van der Waals surface area contributed by atoms with Crippen molar-refractivity contribution in [3.63, 3.8) is 0 Å². The number of pyridine rings is 1. The van der Waals surface area contributed by atoms with Gasteiger partial charge in [-0.2, -0.15) is 0 Å². The first-order valence-corrected chi connectivity index (χ1v) is 10.00. The molecule has 156 valence electrons. The summed E-state index contributed by atoms with van der Waals surface area (Å²) in [5, 5.41) is 9.31. The summed E-state index contributed by atoms with van der Waals surface area (Å²) in [6.45, 7) is 6.38. The summed E-state index contributed by atoms with van der Waals surface area (Å²) in [5.74, 6) is -1.76. The summed E-state index contributed by atoms with van der Waals surface area (Å²) in [6, 6.07) is 2.74. The molecule has 1 aromatic heterocycles. The molecule has 1 aliphatic heterocycles. The molecule has 8 heteroatoms. The van der Waals surface area contributed by atoms with Crippen LogP contribution >= 0.6 is 0 Å². The van der Waals surface area contributed by atoms with Crippen molar-refractivity contribution < 1.29 is 19.1 Å². The lowest BCUT2D eigenvalue weighted by molar-refractivity contribution is -0.131. The number of carbonyl (C=O) groups is 2. The van der Waals surface area contributed by atoms with Gasteiger partial charge < -0.3 is 19.5 Å². The number of halogens is 1. The first-order chi connectivity index (χ1) is 13.9. The number of aromatic carboxylic acids is 1. The maximum absolute atomic E-state index is 14.9. The van der Waals surface area contributed by atoms with Gasteiger partial charge in [-0.05, 0) is 25.5 Å². The summed E-state index contributed by atoms with van der Waals surface area (Å²) in [7, 11) is 0. The lowest BCUT2D eigenvalue weighted by atomic mass is 10.1. The van der Waals surface area contributed by atoms with Crippen molar-refractivity contribution in [2.75, 3.05) is 31.1 Å². The number of carbonyl (C=O) groups excluding carboxylic acids is 1. The largest absolute Gasteiger partial charge is 0.477 e. The van der Waals surface area contributed by atoms with Crippen LogP contribution in [0.3, 0.4) is 0 Å². The number of rotatable bonds is 6. The quantitative estimate of drug-likeness (QED) is 0.802. The summed E-state index contributed by atoms with van der Waals surface area (Å²) < 4.78 is 16.5. The molecule has 1 aromatic carbocycles. The molecule has 1 N–H and O–H groups in total. The Balaban J connectivity index is 1.91. The average Bonchev–Trinajstić information content (AvgIpc) is 2.72. The molecular formula is C21H26FN3O4. The zero-order valence-corrected chi connectivity index (χ0v) is 16.8. The molecule has 2 aromatic rings. The topological polar surface area (TPSA) is 82.8 Å². The predicted molar refractivity (Wildman–Crippen MR) is 109 cm³/mol. The van der Waals surface area contributed by atoms with Gasteiger partial charge in [0.15, 0.2) is 0 Å². The van der Waals surface area contributed by atoms with Crippen LogP contribution in [0.5, 0.6) is 0 Å². The fourth-order valence-corrected chi connectivity index (χ4v) is 3.74. The number of fused-ring (bicyclic) bond motifs is 1. The number of aromatic nitrogens is 1. The Morgan fingerprint density at radius 1 is 1.14 bits per heavy atom. The number of amides is 1. The second kappa shape index (κ2) is 8.63. The van der Waals surface area contributed by atoms with Crippen LogP contribution in [0, 0.1) is 5.82 Å². The van der Waals surface area contributed by atoms with Crippen LogP contribution in [0.2, 0.25) is 0 Å². The minimum atomic E-state index is -1.33. The SMILES string of the molecule is CCCCC(=O)N1CCN(c2cc3c(cc2F)c(=O)c(C(=O)O)cn3CC)CC1. The van der Waals surface area contributed by atoms with Gasteiger partial charge in [-0.25, -0.2) is 9.18 Å². The third kappa shape index (κ3) is 4.11. The number of benzene rings is 1. The van der Waals surface area contributed by atoms with Gasteiger partial charge in [-0.1, -0.05) is 13.3 Å². The third-order valence-corrected chi connectivity index (χ3v) is 5.44. The lowest BCUT2D eigenvalue weighted by Gasteiger charge is -2.36. The van der Waals surface area contributed by atoms with Crippen LogP contribution in [-0.4, -0.2) is 52.6 Å². The van der Waals surface area contributed by atoms with Gasteiger partial charge in [-0.3, -0.25) is 9.59 Å². The minimum absolute atomic E-state index is 0.0568. The number of unbranched alkanes of at least 4 members (excludes halogenated alkanes) is 1. The van der Waals surface area contributed by atoms with Crippen LogP contribution < -0.4 is 10.3 Å². The molecule has 0 spiro atoms. The lowest BCUT2D eigenvalue weighted by Crippen LogP contribution is -2.49. The Labute approximate surface area is 168 Å². The highest BCUT2D eigenvalue weighted by atomic mass is 19.1. The van der Waals surface area contributed by atoms with E-state index in [-0.39, 0.29) is 16.9 Å². The van der Waals surface area contributed by atoms with Gasteiger partial charge in [0.2, 0.25) is 11.3 Å². The van der Waals surface area contributed by atoms with Crippen LogP contribution in [0.4, 0.5) is 10.1 Å². The number of aryl methyl sites for hydroxylation is 1. The number of hydrogen-bond acceptors (Lipinski definition) is 4. The molecule has 0 atom stereocenters. The fourth-order valence-electron chi connectivity index (χ4n) is 3.74. The smallest absolute Gasteiger partial charge is 0.341 e. The van der Waals surface area contributed by atoms with Gasteiger partial charge in [0.25, 0.3) is 0 Å². The molecule has 1 saturated heterocycles. The van der Waals surface area contributed by atoms with Crippen molar-refractivity contribution >= 4 is 28.5 Å². The van der Waals surface area contributed by atoms with Crippen molar-refractivity contribution in [2.24, 2.45) is 0 Å². The van der Waals surface area contributed by atoms with Gasteiger partial charge in [0.1, 0.15) is 11.4 Å². The van der Waals surface area contributed by atoms with Crippen LogP contribution in [0.25, 0.3) is 10.9 Å². The minimum Gasteiger partial charge on any atom is -0.477 e. The summed E-state index contributed by atoms with van der Waals surface area (Å²) >= 11 is 0. The highest BCUT2D eigenvalue weighted by molar-refractivity contribution is 5.93. The van der Waals surface area contributed by atoms with E-state index in [1.54, 1.807) is 10.6 Å².